The van der Waals surface area contributed by atoms with Crippen molar-refractivity contribution in [2.75, 3.05) is 6.61 Å². The molecule has 0 radical (unpaired) electrons. The normalized spacial score (nSPS) is 11.9. The van der Waals surface area contributed by atoms with Crippen LogP contribution in [0.5, 0.6) is 5.75 Å². The Labute approximate surface area is 99.2 Å². The molecule has 0 saturated carbocycles. The van der Waals surface area contributed by atoms with Gasteiger partial charge in [-0.3, -0.25) is 4.79 Å². The Hall–Kier alpha value is -2.04. The summed E-state index contributed by atoms with van der Waals surface area (Å²) >= 11 is 0. The third-order valence-electron chi connectivity index (χ3n) is 2.41. The van der Waals surface area contributed by atoms with E-state index in [0.29, 0.717) is 11.3 Å². The quantitative estimate of drug-likeness (QED) is 0.805. The van der Waals surface area contributed by atoms with Gasteiger partial charge in [0.25, 0.3) is 0 Å². The number of primary amides is 1. The van der Waals surface area contributed by atoms with Crippen LogP contribution in [-0.4, -0.2) is 23.6 Å². The number of carboxylic acid groups (broad SMARTS) is 1. The van der Waals surface area contributed by atoms with Crippen LogP contribution in [0.25, 0.3) is 0 Å². The number of ether oxygens (including phenoxy) is 1. The van der Waals surface area contributed by atoms with Crippen molar-refractivity contribution in [2.45, 2.75) is 13.8 Å². The van der Waals surface area contributed by atoms with Crippen molar-refractivity contribution in [2.24, 2.45) is 11.7 Å². The van der Waals surface area contributed by atoms with Crippen LogP contribution in [0.1, 0.15) is 22.8 Å². The minimum atomic E-state index is -0.973. The SMILES string of the molecule is Cc1cc(OCC(C)C(N)=O)ccc1C(=O)O. The molecule has 0 fully saturated rings. The average Bonchev–Trinajstić information content (AvgIpc) is 2.25. The maximum atomic E-state index is 10.8. The highest BCUT2D eigenvalue weighted by atomic mass is 16.5. The monoisotopic (exact) mass is 237 g/mol. The lowest BCUT2D eigenvalue weighted by atomic mass is 10.1. The van der Waals surface area contributed by atoms with Crippen LogP contribution in [0.2, 0.25) is 0 Å². The largest absolute Gasteiger partial charge is 0.493 e. The number of hydrogen-bond donors (Lipinski definition) is 2. The summed E-state index contributed by atoms with van der Waals surface area (Å²) in [6, 6.07) is 4.66. The van der Waals surface area contributed by atoms with Gasteiger partial charge in [-0.05, 0) is 30.7 Å². The van der Waals surface area contributed by atoms with Crippen molar-refractivity contribution in [3.05, 3.63) is 29.3 Å². The number of nitrogens with two attached hydrogens (primary N) is 1. The maximum absolute atomic E-state index is 10.8. The van der Waals surface area contributed by atoms with Crippen LogP contribution >= 0.6 is 0 Å². The van der Waals surface area contributed by atoms with E-state index < -0.39 is 11.9 Å². The second-order valence-corrected chi connectivity index (χ2v) is 3.90. The van der Waals surface area contributed by atoms with E-state index in [2.05, 4.69) is 0 Å². The number of carboxylic acids is 1. The molecular weight excluding hydrogens is 222 g/mol. The summed E-state index contributed by atoms with van der Waals surface area (Å²) in [6.07, 6.45) is 0. The second kappa shape index (κ2) is 5.34. The molecule has 0 aliphatic rings. The first-order chi connectivity index (χ1) is 7.91. The Kier molecular flexibility index (Phi) is 4.09. The van der Waals surface area contributed by atoms with Gasteiger partial charge in [-0.25, -0.2) is 4.79 Å². The topological polar surface area (TPSA) is 89.6 Å². The van der Waals surface area contributed by atoms with E-state index in [1.807, 2.05) is 0 Å². The molecule has 0 aliphatic carbocycles. The summed E-state index contributed by atoms with van der Waals surface area (Å²) in [4.78, 5) is 21.6. The summed E-state index contributed by atoms with van der Waals surface area (Å²) in [5.41, 5.74) is 5.95. The first-order valence-electron chi connectivity index (χ1n) is 5.18. The van der Waals surface area contributed by atoms with Crippen molar-refractivity contribution < 1.29 is 19.4 Å². The Morgan fingerprint density at radius 2 is 2.12 bits per heavy atom. The molecular formula is C12H15NO4. The molecule has 0 aliphatic heterocycles. The van der Waals surface area contributed by atoms with E-state index in [9.17, 15) is 9.59 Å². The lowest BCUT2D eigenvalue weighted by molar-refractivity contribution is -0.122. The summed E-state index contributed by atoms with van der Waals surface area (Å²) in [5, 5.41) is 8.85. The molecule has 1 unspecified atom stereocenters. The third-order valence-corrected chi connectivity index (χ3v) is 2.41. The van der Waals surface area contributed by atoms with Gasteiger partial charge in [0.05, 0.1) is 18.1 Å². The van der Waals surface area contributed by atoms with Gasteiger partial charge in [0.2, 0.25) is 5.91 Å². The Morgan fingerprint density at radius 1 is 1.47 bits per heavy atom. The van der Waals surface area contributed by atoms with Gasteiger partial charge < -0.3 is 15.6 Å². The highest BCUT2D eigenvalue weighted by Crippen LogP contribution is 2.17. The number of amides is 1. The lowest BCUT2D eigenvalue weighted by Gasteiger charge is -2.11. The minimum absolute atomic E-state index is 0.182. The smallest absolute Gasteiger partial charge is 0.335 e. The van der Waals surface area contributed by atoms with Gasteiger partial charge in [0.15, 0.2) is 0 Å². The molecule has 0 bridgehead atoms. The molecule has 3 N–H and O–H groups in total. The van der Waals surface area contributed by atoms with Crippen LogP contribution in [-0.2, 0) is 4.79 Å². The van der Waals surface area contributed by atoms with Crippen molar-refractivity contribution >= 4 is 11.9 Å². The molecule has 1 atom stereocenters. The van der Waals surface area contributed by atoms with Gasteiger partial charge >= 0.3 is 5.97 Å². The second-order valence-electron chi connectivity index (χ2n) is 3.90. The van der Waals surface area contributed by atoms with E-state index in [-0.39, 0.29) is 18.1 Å². The third kappa shape index (κ3) is 3.48. The fourth-order valence-corrected chi connectivity index (χ4v) is 1.27. The highest BCUT2D eigenvalue weighted by Gasteiger charge is 2.11. The van der Waals surface area contributed by atoms with Gasteiger partial charge in [-0.2, -0.15) is 0 Å². The van der Waals surface area contributed by atoms with Crippen molar-refractivity contribution in [3.63, 3.8) is 0 Å². The van der Waals surface area contributed by atoms with Crippen molar-refractivity contribution in [1.82, 2.24) is 0 Å². The van der Waals surface area contributed by atoms with Crippen molar-refractivity contribution in [3.8, 4) is 5.75 Å². The number of aryl methyl sites for hydroxylation is 1. The first kappa shape index (κ1) is 13.0. The fraction of sp³-hybridized carbons (Fsp3) is 0.333. The van der Waals surface area contributed by atoms with E-state index >= 15 is 0 Å². The van der Waals surface area contributed by atoms with Crippen LogP contribution < -0.4 is 10.5 Å². The maximum Gasteiger partial charge on any atom is 0.335 e. The van der Waals surface area contributed by atoms with E-state index in [0.717, 1.165) is 0 Å². The summed E-state index contributed by atoms with van der Waals surface area (Å²) in [7, 11) is 0. The number of carbonyl (C=O) groups excluding carboxylic acids is 1. The van der Waals surface area contributed by atoms with Gasteiger partial charge in [0, 0.05) is 0 Å². The predicted octanol–water partition coefficient (Wildman–Crippen LogP) is 1.19. The standard InChI is InChI=1S/C12H15NO4/c1-7-5-9(3-4-10(7)12(15)16)17-6-8(2)11(13)14/h3-5,8H,6H2,1-2H3,(H2,13,14)(H,15,16). The summed E-state index contributed by atoms with van der Waals surface area (Å²) < 4.78 is 5.35. The van der Waals surface area contributed by atoms with Crippen molar-refractivity contribution in [1.29, 1.82) is 0 Å². The van der Waals surface area contributed by atoms with Crippen LogP contribution in [0, 0.1) is 12.8 Å². The molecule has 5 nitrogen and oxygen atoms in total. The molecule has 92 valence electrons. The highest BCUT2D eigenvalue weighted by molar-refractivity contribution is 5.89. The molecule has 1 aromatic rings. The fourth-order valence-electron chi connectivity index (χ4n) is 1.27. The Balaban J connectivity index is 2.71. The molecule has 17 heavy (non-hydrogen) atoms. The zero-order chi connectivity index (χ0) is 13.0. The summed E-state index contributed by atoms with van der Waals surface area (Å²) in [5.74, 6) is -1.25. The molecule has 0 aromatic heterocycles. The van der Waals surface area contributed by atoms with Crippen LogP contribution in [0.3, 0.4) is 0 Å². The van der Waals surface area contributed by atoms with Crippen LogP contribution in [0.15, 0.2) is 18.2 Å². The molecule has 0 saturated heterocycles. The zero-order valence-electron chi connectivity index (χ0n) is 9.77. The number of carbonyl (C=O) groups is 2. The van der Waals surface area contributed by atoms with E-state index in [4.69, 9.17) is 15.6 Å². The van der Waals surface area contributed by atoms with Gasteiger partial charge in [-0.15, -0.1) is 0 Å². The Morgan fingerprint density at radius 3 is 2.59 bits per heavy atom. The number of benzene rings is 1. The predicted molar refractivity (Wildman–Crippen MR) is 62.0 cm³/mol. The molecule has 0 spiro atoms. The molecule has 0 heterocycles. The molecule has 1 amide bonds. The zero-order valence-corrected chi connectivity index (χ0v) is 9.77. The Bertz CT molecular complexity index is 442. The summed E-state index contributed by atoms with van der Waals surface area (Å²) in [6.45, 7) is 3.54. The first-order valence-corrected chi connectivity index (χ1v) is 5.18. The number of hydrogen-bond acceptors (Lipinski definition) is 3. The number of rotatable bonds is 5. The average molecular weight is 237 g/mol. The molecule has 5 heteroatoms. The minimum Gasteiger partial charge on any atom is -0.493 e. The lowest BCUT2D eigenvalue weighted by Crippen LogP contribution is -2.25. The van der Waals surface area contributed by atoms with Crippen LogP contribution in [0.4, 0.5) is 0 Å². The molecule has 1 rings (SSSR count). The van der Waals surface area contributed by atoms with Gasteiger partial charge in [0.1, 0.15) is 5.75 Å². The van der Waals surface area contributed by atoms with E-state index in [1.54, 1.807) is 26.0 Å². The number of aromatic carboxylic acids is 1. The van der Waals surface area contributed by atoms with E-state index in [1.165, 1.54) is 6.07 Å². The van der Waals surface area contributed by atoms with Gasteiger partial charge in [-0.1, -0.05) is 6.92 Å². The molecule has 1 aromatic carbocycles.